The highest BCUT2D eigenvalue weighted by Gasteiger charge is 2.35. The number of halogens is 4. The second-order valence-corrected chi connectivity index (χ2v) is 6.32. The summed E-state index contributed by atoms with van der Waals surface area (Å²) in [7, 11) is 0. The first kappa shape index (κ1) is 16.7. The minimum absolute atomic E-state index is 0.0357. The number of ether oxygens (including phenoxy) is 1. The molecular formula is C11H11Cl4NO3. The van der Waals surface area contributed by atoms with Crippen LogP contribution in [0.1, 0.15) is 17.3 Å². The van der Waals surface area contributed by atoms with Crippen LogP contribution in [0.4, 0.5) is 0 Å². The summed E-state index contributed by atoms with van der Waals surface area (Å²) in [4.78, 5) is 12.0. The molecule has 0 saturated carbocycles. The molecule has 19 heavy (non-hydrogen) atoms. The van der Waals surface area contributed by atoms with Crippen LogP contribution in [-0.4, -0.2) is 27.6 Å². The van der Waals surface area contributed by atoms with Crippen LogP contribution in [0, 0.1) is 0 Å². The summed E-state index contributed by atoms with van der Waals surface area (Å²) in [6.07, 6.45) is -1.15. The van der Waals surface area contributed by atoms with Gasteiger partial charge in [0.1, 0.15) is 5.75 Å². The molecule has 0 aliphatic rings. The van der Waals surface area contributed by atoms with E-state index < -0.39 is 15.9 Å². The highest BCUT2D eigenvalue weighted by atomic mass is 35.6. The molecule has 0 aromatic heterocycles. The van der Waals surface area contributed by atoms with Gasteiger partial charge >= 0.3 is 0 Å². The second-order valence-electron chi connectivity index (χ2n) is 3.51. The molecule has 106 valence electrons. The van der Waals surface area contributed by atoms with Gasteiger partial charge in [-0.3, -0.25) is 4.79 Å². The van der Waals surface area contributed by atoms with Gasteiger partial charge in [0.25, 0.3) is 5.91 Å². The van der Waals surface area contributed by atoms with Gasteiger partial charge in [-0.2, -0.15) is 0 Å². The van der Waals surface area contributed by atoms with Crippen LogP contribution in [0.2, 0.25) is 5.02 Å². The summed E-state index contributed by atoms with van der Waals surface area (Å²) in [5, 5.41) is 12.3. The van der Waals surface area contributed by atoms with Crippen molar-refractivity contribution in [3.05, 3.63) is 28.8 Å². The predicted octanol–water partition coefficient (Wildman–Crippen LogP) is 3.51. The van der Waals surface area contributed by atoms with Crippen molar-refractivity contribution >= 4 is 52.3 Å². The Kier molecular flexibility index (Phi) is 6.02. The van der Waals surface area contributed by atoms with Gasteiger partial charge in [0, 0.05) is 11.6 Å². The van der Waals surface area contributed by atoms with Crippen LogP contribution in [0.15, 0.2) is 18.2 Å². The van der Waals surface area contributed by atoms with Gasteiger partial charge in [-0.15, -0.1) is 0 Å². The summed E-state index contributed by atoms with van der Waals surface area (Å²) < 4.78 is 3.29. The Morgan fingerprint density at radius 1 is 1.47 bits per heavy atom. The lowest BCUT2D eigenvalue weighted by atomic mass is 10.2. The first-order valence-corrected chi connectivity index (χ1v) is 6.74. The first-order valence-electron chi connectivity index (χ1n) is 5.23. The normalized spacial score (nSPS) is 13.1. The molecule has 1 rings (SSSR count). The second kappa shape index (κ2) is 6.86. The van der Waals surface area contributed by atoms with Crippen molar-refractivity contribution in [1.29, 1.82) is 0 Å². The van der Waals surface area contributed by atoms with Gasteiger partial charge in [-0.05, 0) is 25.1 Å². The summed E-state index contributed by atoms with van der Waals surface area (Å²) in [6.45, 7) is 1.92. The van der Waals surface area contributed by atoms with E-state index in [1.54, 1.807) is 6.92 Å². The average molecular weight is 347 g/mol. The van der Waals surface area contributed by atoms with E-state index in [0.29, 0.717) is 5.02 Å². The van der Waals surface area contributed by atoms with Crippen LogP contribution >= 0.6 is 46.4 Å². The van der Waals surface area contributed by atoms with E-state index in [0.717, 1.165) is 0 Å². The maximum Gasteiger partial charge on any atom is 0.257 e. The average Bonchev–Trinajstić information content (AvgIpc) is 2.30. The third kappa shape index (κ3) is 4.89. The van der Waals surface area contributed by atoms with Crippen LogP contribution in [-0.2, 0) is 4.74 Å². The number of alkyl halides is 3. The monoisotopic (exact) mass is 345 g/mol. The number of hydrogen-bond donors (Lipinski definition) is 2. The van der Waals surface area contributed by atoms with Crippen molar-refractivity contribution < 1.29 is 14.6 Å². The number of benzene rings is 1. The molecule has 0 spiro atoms. The molecule has 1 unspecified atom stereocenters. The van der Waals surface area contributed by atoms with Gasteiger partial charge in [0.05, 0.1) is 5.56 Å². The number of phenols is 1. The van der Waals surface area contributed by atoms with Crippen molar-refractivity contribution in [3.8, 4) is 5.75 Å². The molecule has 2 N–H and O–H groups in total. The number of carbonyl (C=O) groups is 1. The minimum atomic E-state index is -1.83. The number of hydrogen-bond acceptors (Lipinski definition) is 3. The van der Waals surface area contributed by atoms with Gasteiger partial charge in [0.2, 0.25) is 3.79 Å². The zero-order valence-corrected chi connectivity index (χ0v) is 12.8. The van der Waals surface area contributed by atoms with Crippen molar-refractivity contribution in [2.75, 3.05) is 6.61 Å². The maximum absolute atomic E-state index is 12.0. The van der Waals surface area contributed by atoms with E-state index in [1.165, 1.54) is 18.2 Å². The standard InChI is InChI=1S/C11H11Cl4NO3/c1-2-19-10(11(13,14)15)16-9(18)7-5-6(12)3-4-8(7)17/h3-5,10,17H,2H2,1H3,(H,16,18). The van der Waals surface area contributed by atoms with E-state index in [4.69, 9.17) is 51.1 Å². The first-order chi connectivity index (χ1) is 8.75. The topological polar surface area (TPSA) is 58.6 Å². The number of aromatic hydroxyl groups is 1. The molecule has 0 radical (unpaired) electrons. The molecule has 1 amide bonds. The molecule has 4 nitrogen and oxygen atoms in total. The SMILES string of the molecule is CCOC(NC(=O)c1cc(Cl)ccc1O)C(Cl)(Cl)Cl. The predicted molar refractivity (Wildman–Crippen MR) is 76.3 cm³/mol. The lowest BCUT2D eigenvalue weighted by Gasteiger charge is -2.25. The highest BCUT2D eigenvalue weighted by molar-refractivity contribution is 6.68. The minimum Gasteiger partial charge on any atom is -0.507 e. The number of amides is 1. The van der Waals surface area contributed by atoms with Crippen molar-refractivity contribution in [3.63, 3.8) is 0 Å². The van der Waals surface area contributed by atoms with Crippen LogP contribution in [0.25, 0.3) is 0 Å². The Morgan fingerprint density at radius 3 is 2.63 bits per heavy atom. The van der Waals surface area contributed by atoms with E-state index in [2.05, 4.69) is 5.32 Å². The lowest BCUT2D eigenvalue weighted by Crippen LogP contribution is -2.45. The molecule has 0 fully saturated rings. The van der Waals surface area contributed by atoms with Gasteiger partial charge in [0.15, 0.2) is 6.23 Å². The maximum atomic E-state index is 12.0. The van der Waals surface area contributed by atoms with Gasteiger partial charge in [-0.1, -0.05) is 46.4 Å². The fourth-order valence-electron chi connectivity index (χ4n) is 1.27. The van der Waals surface area contributed by atoms with Crippen LogP contribution in [0.3, 0.4) is 0 Å². The van der Waals surface area contributed by atoms with Crippen LogP contribution < -0.4 is 5.32 Å². The lowest BCUT2D eigenvalue weighted by molar-refractivity contribution is 0.0367. The molecule has 1 aromatic rings. The number of nitrogens with one attached hydrogen (secondary N) is 1. The number of phenolic OH excluding ortho intramolecular Hbond substituents is 1. The Labute approximate surface area is 130 Å². The molecule has 0 bridgehead atoms. The number of rotatable bonds is 4. The zero-order chi connectivity index (χ0) is 14.6. The molecule has 0 heterocycles. The van der Waals surface area contributed by atoms with Gasteiger partial charge < -0.3 is 15.2 Å². The fraction of sp³-hybridized carbons (Fsp3) is 0.364. The summed E-state index contributed by atoms with van der Waals surface area (Å²) in [5.41, 5.74) is -0.0357. The molecule has 0 aliphatic heterocycles. The molecular weight excluding hydrogens is 336 g/mol. The summed E-state index contributed by atoms with van der Waals surface area (Å²) >= 11 is 22.8. The fourth-order valence-corrected chi connectivity index (χ4v) is 1.80. The summed E-state index contributed by atoms with van der Waals surface area (Å²) in [5.74, 6) is -0.897. The Hall–Kier alpha value is -0.390. The van der Waals surface area contributed by atoms with Crippen molar-refractivity contribution in [2.24, 2.45) is 0 Å². The number of carbonyl (C=O) groups excluding carboxylic acids is 1. The molecule has 1 atom stereocenters. The van der Waals surface area contributed by atoms with E-state index in [1.807, 2.05) is 0 Å². The van der Waals surface area contributed by atoms with Crippen molar-refractivity contribution in [1.82, 2.24) is 5.32 Å². The van der Waals surface area contributed by atoms with Crippen molar-refractivity contribution in [2.45, 2.75) is 16.9 Å². The van der Waals surface area contributed by atoms with E-state index in [9.17, 15) is 9.90 Å². The third-order valence-electron chi connectivity index (χ3n) is 2.10. The Bertz CT molecular complexity index is 462. The Morgan fingerprint density at radius 2 is 2.11 bits per heavy atom. The van der Waals surface area contributed by atoms with Crippen LogP contribution in [0.5, 0.6) is 5.75 Å². The van der Waals surface area contributed by atoms with E-state index in [-0.39, 0.29) is 17.9 Å². The quantitative estimate of drug-likeness (QED) is 0.647. The highest BCUT2D eigenvalue weighted by Crippen LogP contribution is 2.31. The molecule has 8 heteroatoms. The van der Waals surface area contributed by atoms with Gasteiger partial charge in [-0.25, -0.2) is 0 Å². The Balaban J connectivity index is 2.91. The summed E-state index contributed by atoms with van der Waals surface area (Å²) in [6, 6.07) is 4.04. The smallest absolute Gasteiger partial charge is 0.257 e. The molecule has 0 saturated heterocycles. The van der Waals surface area contributed by atoms with E-state index >= 15 is 0 Å². The third-order valence-corrected chi connectivity index (χ3v) is 2.93. The molecule has 0 aliphatic carbocycles. The molecule has 1 aromatic carbocycles. The zero-order valence-electron chi connectivity index (χ0n) is 9.79. The largest absolute Gasteiger partial charge is 0.507 e.